The van der Waals surface area contributed by atoms with Crippen LogP contribution < -0.4 is 11.1 Å². The number of hydrogen-bond acceptors (Lipinski definition) is 2. The molecule has 0 saturated heterocycles. The number of aryl methyl sites for hydroxylation is 1. The number of benzene rings is 2. The second kappa shape index (κ2) is 5.76. The van der Waals surface area contributed by atoms with Crippen molar-refractivity contribution in [3.8, 4) is 0 Å². The highest BCUT2D eigenvalue weighted by Crippen LogP contribution is 2.20. The standard InChI is InChI=1S/C15H15ClN2O/c1-10-8-13(16)6-7-14(10)18-9-11-2-4-12(5-3-11)15(17)19/h2-8,18H,9H2,1H3,(H2,17,19). The summed E-state index contributed by atoms with van der Waals surface area (Å²) in [5.74, 6) is -0.409. The van der Waals surface area contributed by atoms with E-state index in [2.05, 4.69) is 5.32 Å². The summed E-state index contributed by atoms with van der Waals surface area (Å²) in [4.78, 5) is 11.0. The van der Waals surface area contributed by atoms with Crippen LogP contribution in [0.5, 0.6) is 0 Å². The summed E-state index contributed by atoms with van der Waals surface area (Å²) in [6.07, 6.45) is 0. The normalized spacial score (nSPS) is 10.2. The Labute approximate surface area is 117 Å². The third-order valence-corrected chi connectivity index (χ3v) is 3.14. The summed E-state index contributed by atoms with van der Waals surface area (Å²) in [5.41, 5.74) is 8.94. The van der Waals surface area contributed by atoms with Crippen molar-refractivity contribution in [1.82, 2.24) is 0 Å². The maximum atomic E-state index is 11.0. The Balaban J connectivity index is 2.04. The van der Waals surface area contributed by atoms with Crippen LogP contribution in [-0.4, -0.2) is 5.91 Å². The van der Waals surface area contributed by atoms with E-state index in [4.69, 9.17) is 17.3 Å². The minimum atomic E-state index is -0.409. The lowest BCUT2D eigenvalue weighted by Gasteiger charge is -2.10. The van der Waals surface area contributed by atoms with Gasteiger partial charge in [0.25, 0.3) is 0 Å². The van der Waals surface area contributed by atoms with E-state index in [-0.39, 0.29) is 0 Å². The van der Waals surface area contributed by atoms with Crippen LogP contribution in [0.25, 0.3) is 0 Å². The molecule has 0 aliphatic rings. The zero-order valence-corrected chi connectivity index (χ0v) is 11.4. The summed E-state index contributed by atoms with van der Waals surface area (Å²) >= 11 is 5.91. The largest absolute Gasteiger partial charge is 0.381 e. The highest BCUT2D eigenvalue weighted by atomic mass is 35.5. The van der Waals surface area contributed by atoms with E-state index in [1.165, 1.54) is 0 Å². The molecule has 0 spiro atoms. The molecular formula is C15H15ClN2O. The van der Waals surface area contributed by atoms with Crippen LogP contribution in [0.1, 0.15) is 21.5 Å². The van der Waals surface area contributed by atoms with Crippen molar-refractivity contribution in [1.29, 1.82) is 0 Å². The van der Waals surface area contributed by atoms with E-state index in [9.17, 15) is 4.79 Å². The zero-order chi connectivity index (χ0) is 13.8. The van der Waals surface area contributed by atoms with Gasteiger partial charge in [-0.15, -0.1) is 0 Å². The Kier molecular flexibility index (Phi) is 4.07. The van der Waals surface area contributed by atoms with Gasteiger partial charge < -0.3 is 11.1 Å². The Morgan fingerprint density at radius 1 is 1.21 bits per heavy atom. The molecular weight excluding hydrogens is 260 g/mol. The topological polar surface area (TPSA) is 55.1 Å². The Morgan fingerprint density at radius 2 is 1.89 bits per heavy atom. The van der Waals surface area contributed by atoms with Gasteiger partial charge in [-0.1, -0.05) is 23.7 Å². The quantitative estimate of drug-likeness (QED) is 0.898. The highest BCUT2D eigenvalue weighted by Gasteiger charge is 2.01. The van der Waals surface area contributed by atoms with Gasteiger partial charge in [0.1, 0.15) is 0 Å². The van der Waals surface area contributed by atoms with Gasteiger partial charge in [-0.05, 0) is 48.4 Å². The van der Waals surface area contributed by atoms with Gasteiger partial charge in [0.15, 0.2) is 0 Å². The van der Waals surface area contributed by atoms with Gasteiger partial charge >= 0.3 is 0 Å². The molecule has 3 N–H and O–H groups in total. The minimum absolute atomic E-state index is 0.409. The van der Waals surface area contributed by atoms with Crippen LogP contribution in [0.3, 0.4) is 0 Å². The third kappa shape index (κ3) is 3.48. The number of halogens is 1. The van der Waals surface area contributed by atoms with E-state index >= 15 is 0 Å². The van der Waals surface area contributed by atoms with Crippen molar-refractivity contribution < 1.29 is 4.79 Å². The molecule has 0 aliphatic heterocycles. The first-order chi connectivity index (χ1) is 9.06. The molecule has 2 rings (SSSR count). The summed E-state index contributed by atoms with van der Waals surface area (Å²) in [7, 11) is 0. The molecule has 0 aliphatic carbocycles. The van der Waals surface area contributed by atoms with Crippen LogP contribution in [0.15, 0.2) is 42.5 Å². The molecule has 0 radical (unpaired) electrons. The van der Waals surface area contributed by atoms with E-state index < -0.39 is 5.91 Å². The molecule has 2 aromatic carbocycles. The van der Waals surface area contributed by atoms with Crippen LogP contribution >= 0.6 is 11.6 Å². The van der Waals surface area contributed by atoms with Crippen LogP contribution in [-0.2, 0) is 6.54 Å². The second-order valence-electron chi connectivity index (χ2n) is 4.37. The maximum Gasteiger partial charge on any atom is 0.248 e. The number of amides is 1. The Hall–Kier alpha value is -2.00. The van der Waals surface area contributed by atoms with E-state index in [0.717, 1.165) is 21.8 Å². The molecule has 2 aromatic rings. The molecule has 1 amide bonds. The molecule has 0 atom stereocenters. The van der Waals surface area contributed by atoms with Crippen molar-refractivity contribution in [2.75, 3.05) is 5.32 Å². The van der Waals surface area contributed by atoms with Gasteiger partial charge in [-0.25, -0.2) is 0 Å². The molecule has 4 heteroatoms. The number of anilines is 1. The van der Waals surface area contributed by atoms with Crippen molar-refractivity contribution >= 4 is 23.2 Å². The zero-order valence-electron chi connectivity index (χ0n) is 10.6. The molecule has 0 aromatic heterocycles. The molecule has 98 valence electrons. The predicted molar refractivity (Wildman–Crippen MR) is 78.5 cm³/mol. The fraction of sp³-hybridized carbons (Fsp3) is 0.133. The van der Waals surface area contributed by atoms with Gasteiger partial charge in [-0.2, -0.15) is 0 Å². The summed E-state index contributed by atoms with van der Waals surface area (Å²) in [5, 5.41) is 4.06. The van der Waals surface area contributed by atoms with Crippen LogP contribution in [0.4, 0.5) is 5.69 Å². The first-order valence-corrected chi connectivity index (χ1v) is 6.33. The van der Waals surface area contributed by atoms with Gasteiger partial charge in [0, 0.05) is 22.8 Å². The summed E-state index contributed by atoms with van der Waals surface area (Å²) < 4.78 is 0. The fourth-order valence-electron chi connectivity index (χ4n) is 1.81. The van der Waals surface area contributed by atoms with Crippen molar-refractivity contribution in [3.63, 3.8) is 0 Å². The summed E-state index contributed by atoms with van der Waals surface area (Å²) in [6, 6.07) is 13.0. The molecule has 0 fully saturated rings. The number of rotatable bonds is 4. The third-order valence-electron chi connectivity index (χ3n) is 2.91. The SMILES string of the molecule is Cc1cc(Cl)ccc1NCc1ccc(C(N)=O)cc1. The van der Waals surface area contributed by atoms with Crippen molar-refractivity contribution in [2.45, 2.75) is 13.5 Å². The Morgan fingerprint density at radius 3 is 2.47 bits per heavy atom. The first kappa shape index (κ1) is 13.4. The first-order valence-electron chi connectivity index (χ1n) is 5.95. The second-order valence-corrected chi connectivity index (χ2v) is 4.81. The minimum Gasteiger partial charge on any atom is -0.381 e. The van der Waals surface area contributed by atoms with Crippen LogP contribution in [0.2, 0.25) is 5.02 Å². The van der Waals surface area contributed by atoms with Gasteiger partial charge in [0.05, 0.1) is 0 Å². The van der Waals surface area contributed by atoms with E-state index in [1.54, 1.807) is 12.1 Å². The predicted octanol–water partition coefficient (Wildman–Crippen LogP) is 3.36. The fourth-order valence-corrected chi connectivity index (χ4v) is 2.04. The number of hydrogen-bond donors (Lipinski definition) is 2. The van der Waals surface area contributed by atoms with Gasteiger partial charge in [0.2, 0.25) is 5.91 Å². The monoisotopic (exact) mass is 274 g/mol. The van der Waals surface area contributed by atoms with E-state index in [1.807, 2.05) is 37.3 Å². The summed E-state index contributed by atoms with van der Waals surface area (Å²) in [6.45, 7) is 2.69. The Bertz CT molecular complexity index is 594. The molecule has 0 bridgehead atoms. The lowest BCUT2D eigenvalue weighted by atomic mass is 10.1. The maximum absolute atomic E-state index is 11.0. The van der Waals surface area contributed by atoms with Crippen molar-refractivity contribution in [3.05, 3.63) is 64.2 Å². The number of nitrogens with one attached hydrogen (secondary N) is 1. The average Bonchev–Trinajstić information content (AvgIpc) is 2.38. The van der Waals surface area contributed by atoms with Gasteiger partial charge in [-0.3, -0.25) is 4.79 Å². The molecule has 3 nitrogen and oxygen atoms in total. The molecule has 0 heterocycles. The lowest BCUT2D eigenvalue weighted by molar-refractivity contribution is 0.100. The number of carbonyl (C=O) groups is 1. The highest BCUT2D eigenvalue weighted by molar-refractivity contribution is 6.30. The molecule has 19 heavy (non-hydrogen) atoms. The number of primary amides is 1. The van der Waals surface area contributed by atoms with E-state index in [0.29, 0.717) is 12.1 Å². The molecule has 0 saturated carbocycles. The van der Waals surface area contributed by atoms with Crippen LogP contribution in [0, 0.1) is 6.92 Å². The number of nitrogens with two attached hydrogens (primary N) is 1. The van der Waals surface area contributed by atoms with Crippen molar-refractivity contribution in [2.24, 2.45) is 5.73 Å². The molecule has 0 unspecified atom stereocenters. The lowest BCUT2D eigenvalue weighted by Crippen LogP contribution is -2.10. The smallest absolute Gasteiger partial charge is 0.248 e. The average molecular weight is 275 g/mol. The number of carbonyl (C=O) groups excluding carboxylic acids is 1.